The maximum absolute atomic E-state index is 5.41. The second kappa shape index (κ2) is 6.73. The van der Waals surface area contributed by atoms with E-state index in [0.717, 1.165) is 23.9 Å². The quantitative estimate of drug-likeness (QED) is 0.808. The van der Waals surface area contributed by atoms with Crippen molar-refractivity contribution >= 4 is 15.9 Å². The van der Waals surface area contributed by atoms with Crippen molar-refractivity contribution in [3.8, 4) is 12.3 Å². The van der Waals surface area contributed by atoms with Crippen LogP contribution in [0, 0.1) is 19.3 Å². The molecule has 16 heavy (non-hydrogen) atoms. The summed E-state index contributed by atoms with van der Waals surface area (Å²) in [4.78, 5) is 0. The average molecular weight is 280 g/mol. The molecule has 86 valence electrons. The van der Waals surface area contributed by atoms with Crippen LogP contribution in [0.1, 0.15) is 36.9 Å². The van der Waals surface area contributed by atoms with E-state index in [1.54, 1.807) is 0 Å². The van der Waals surface area contributed by atoms with Crippen molar-refractivity contribution in [2.24, 2.45) is 0 Å². The molecule has 1 nitrogen and oxygen atoms in total. The monoisotopic (exact) mass is 279 g/mol. The van der Waals surface area contributed by atoms with Crippen LogP contribution in [-0.4, -0.2) is 6.54 Å². The van der Waals surface area contributed by atoms with Gasteiger partial charge in [0.1, 0.15) is 0 Å². The van der Waals surface area contributed by atoms with Crippen molar-refractivity contribution in [2.45, 2.75) is 32.7 Å². The van der Waals surface area contributed by atoms with Gasteiger partial charge in [0.2, 0.25) is 0 Å². The van der Waals surface area contributed by atoms with Gasteiger partial charge in [-0.3, -0.25) is 0 Å². The lowest BCUT2D eigenvalue weighted by Gasteiger charge is -2.18. The van der Waals surface area contributed by atoms with Gasteiger partial charge in [-0.1, -0.05) is 35.0 Å². The molecule has 0 aromatic heterocycles. The summed E-state index contributed by atoms with van der Waals surface area (Å²) >= 11 is 3.60. The van der Waals surface area contributed by atoms with Crippen LogP contribution in [0.3, 0.4) is 0 Å². The van der Waals surface area contributed by atoms with Gasteiger partial charge in [-0.25, -0.2) is 0 Å². The lowest BCUT2D eigenvalue weighted by Crippen LogP contribution is -2.22. The van der Waals surface area contributed by atoms with Crippen LogP contribution in [0.2, 0.25) is 0 Å². The maximum Gasteiger partial charge on any atom is 0.0442 e. The van der Waals surface area contributed by atoms with Crippen molar-refractivity contribution < 1.29 is 0 Å². The number of terminal acetylenes is 1. The van der Waals surface area contributed by atoms with Crippen LogP contribution in [0.25, 0.3) is 0 Å². The third-order valence-electron chi connectivity index (χ3n) is 2.49. The number of halogens is 1. The van der Waals surface area contributed by atoms with Gasteiger partial charge in [-0.05, 0) is 37.1 Å². The highest BCUT2D eigenvalue weighted by Crippen LogP contribution is 2.26. The van der Waals surface area contributed by atoms with Gasteiger partial charge in [-0.2, -0.15) is 0 Å². The average Bonchev–Trinajstić information content (AvgIpc) is 2.25. The van der Waals surface area contributed by atoms with Crippen molar-refractivity contribution in [3.63, 3.8) is 0 Å². The fourth-order valence-electron chi connectivity index (χ4n) is 1.64. The Kier molecular flexibility index (Phi) is 5.59. The summed E-state index contributed by atoms with van der Waals surface area (Å²) in [6, 6.07) is 6.65. The normalized spacial score (nSPS) is 12.1. The fourth-order valence-corrected chi connectivity index (χ4v) is 2.41. The summed E-state index contributed by atoms with van der Waals surface area (Å²) in [6.07, 6.45) is 7.25. The van der Waals surface area contributed by atoms with Crippen LogP contribution in [0.15, 0.2) is 22.7 Å². The molecule has 0 spiro atoms. The molecule has 0 saturated carbocycles. The topological polar surface area (TPSA) is 12.0 Å². The van der Waals surface area contributed by atoms with Crippen LogP contribution in [0.4, 0.5) is 0 Å². The Bertz CT molecular complexity index is 379. The Morgan fingerprint density at radius 3 is 2.81 bits per heavy atom. The number of rotatable bonds is 5. The first-order chi connectivity index (χ1) is 7.69. The van der Waals surface area contributed by atoms with Crippen LogP contribution in [-0.2, 0) is 0 Å². The summed E-state index contributed by atoms with van der Waals surface area (Å²) < 4.78 is 1.14. The highest BCUT2D eigenvalue weighted by Gasteiger charge is 2.12. The Labute approximate surface area is 107 Å². The van der Waals surface area contributed by atoms with Crippen molar-refractivity contribution in [1.82, 2.24) is 5.32 Å². The highest BCUT2D eigenvalue weighted by atomic mass is 79.9. The van der Waals surface area contributed by atoms with E-state index < -0.39 is 0 Å². The maximum atomic E-state index is 5.41. The largest absolute Gasteiger partial charge is 0.309 e. The minimum atomic E-state index is 0.250. The molecule has 1 atom stereocenters. The van der Waals surface area contributed by atoms with Gasteiger partial charge in [0, 0.05) is 16.9 Å². The molecule has 0 saturated heterocycles. The van der Waals surface area contributed by atoms with E-state index in [9.17, 15) is 0 Å². The van der Waals surface area contributed by atoms with Crippen LogP contribution >= 0.6 is 15.9 Å². The number of aryl methyl sites for hydroxylation is 1. The number of hydrogen-bond donors (Lipinski definition) is 1. The molecular formula is C14H18BrN. The van der Waals surface area contributed by atoms with Gasteiger partial charge < -0.3 is 5.32 Å². The van der Waals surface area contributed by atoms with E-state index in [4.69, 9.17) is 6.42 Å². The lowest BCUT2D eigenvalue weighted by atomic mass is 10.0. The predicted octanol–water partition coefficient (Wildman–Crippen LogP) is 3.82. The van der Waals surface area contributed by atoms with Crippen LogP contribution < -0.4 is 5.32 Å². The summed E-state index contributed by atoms with van der Waals surface area (Å²) in [5.41, 5.74) is 2.50. The molecule has 0 aliphatic heterocycles. The molecule has 0 heterocycles. The molecule has 0 amide bonds. The summed E-state index contributed by atoms with van der Waals surface area (Å²) in [6.45, 7) is 5.24. The molecule has 0 radical (unpaired) electrons. The zero-order valence-electron chi connectivity index (χ0n) is 9.89. The second-order valence-corrected chi connectivity index (χ2v) is 4.79. The molecule has 1 unspecified atom stereocenters. The lowest BCUT2D eigenvalue weighted by molar-refractivity contribution is 0.541. The third-order valence-corrected chi connectivity index (χ3v) is 3.18. The Morgan fingerprint density at radius 2 is 2.25 bits per heavy atom. The van der Waals surface area contributed by atoms with E-state index in [1.165, 1.54) is 11.1 Å². The van der Waals surface area contributed by atoms with E-state index >= 15 is 0 Å². The van der Waals surface area contributed by atoms with Crippen molar-refractivity contribution in [3.05, 3.63) is 33.8 Å². The minimum Gasteiger partial charge on any atom is -0.309 e. The first-order valence-corrected chi connectivity index (χ1v) is 6.41. The first kappa shape index (κ1) is 13.3. The molecule has 0 bridgehead atoms. The smallest absolute Gasteiger partial charge is 0.0442 e. The molecule has 0 aliphatic rings. The van der Waals surface area contributed by atoms with Crippen LogP contribution in [0.5, 0.6) is 0 Å². The molecule has 0 fully saturated rings. The van der Waals surface area contributed by atoms with Gasteiger partial charge in [0.25, 0.3) is 0 Å². The zero-order chi connectivity index (χ0) is 12.0. The summed E-state index contributed by atoms with van der Waals surface area (Å²) in [5, 5.41) is 3.47. The summed E-state index contributed by atoms with van der Waals surface area (Å²) in [7, 11) is 0. The van der Waals surface area contributed by atoms with E-state index in [2.05, 4.69) is 59.2 Å². The van der Waals surface area contributed by atoms with Crippen molar-refractivity contribution in [1.29, 1.82) is 0 Å². The molecule has 1 N–H and O–H groups in total. The third kappa shape index (κ3) is 3.66. The number of nitrogens with one attached hydrogen (secondary N) is 1. The van der Waals surface area contributed by atoms with Gasteiger partial charge in [0.05, 0.1) is 0 Å². The molecule has 1 rings (SSSR count). The van der Waals surface area contributed by atoms with E-state index in [-0.39, 0.29) is 6.04 Å². The molecule has 1 aromatic carbocycles. The van der Waals surface area contributed by atoms with Crippen molar-refractivity contribution in [2.75, 3.05) is 6.54 Å². The molecular weight excluding hydrogens is 262 g/mol. The minimum absolute atomic E-state index is 0.250. The van der Waals surface area contributed by atoms with Gasteiger partial charge in [0.15, 0.2) is 0 Å². The predicted molar refractivity (Wildman–Crippen MR) is 73.4 cm³/mol. The number of benzene rings is 1. The van der Waals surface area contributed by atoms with E-state index in [0.29, 0.717) is 0 Å². The highest BCUT2D eigenvalue weighted by molar-refractivity contribution is 9.10. The number of hydrogen-bond acceptors (Lipinski definition) is 1. The standard InChI is InChI=1S/C14H18BrN/c1-4-6-14(16-9-5-2)12-8-7-11(3)10-13(12)15/h1,7-8,10,14,16H,5-6,9H2,2-3H3. The summed E-state index contributed by atoms with van der Waals surface area (Å²) in [5.74, 6) is 2.73. The van der Waals surface area contributed by atoms with Gasteiger partial charge >= 0.3 is 0 Å². The Morgan fingerprint density at radius 1 is 1.50 bits per heavy atom. The first-order valence-electron chi connectivity index (χ1n) is 5.62. The fraction of sp³-hybridized carbons (Fsp3) is 0.429. The second-order valence-electron chi connectivity index (χ2n) is 3.94. The van der Waals surface area contributed by atoms with E-state index in [1.807, 2.05) is 0 Å². The van der Waals surface area contributed by atoms with Gasteiger partial charge in [-0.15, -0.1) is 12.3 Å². The Hall–Kier alpha value is -0.780. The zero-order valence-corrected chi connectivity index (χ0v) is 11.5. The SMILES string of the molecule is C#CCC(NCCC)c1ccc(C)cc1Br. The molecule has 1 aromatic rings. The molecule has 0 aliphatic carbocycles. The Balaban J connectivity index is 2.88. The molecule has 2 heteroatoms.